The van der Waals surface area contributed by atoms with Gasteiger partial charge < -0.3 is 15.1 Å². The van der Waals surface area contributed by atoms with Crippen LogP contribution in [0.15, 0.2) is 12.3 Å². The molecule has 1 aliphatic rings. The normalized spacial score (nSPS) is 20.6. The molecular weight excluding hydrogens is 284 g/mol. The number of anilines is 1. The maximum Gasteiger partial charge on any atom is 0.129 e. The average molecular weight is 311 g/mol. The lowest BCUT2D eigenvalue weighted by atomic mass is 10.2. The van der Waals surface area contributed by atoms with Crippen LogP contribution in [0.3, 0.4) is 0 Å². The van der Waals surface area contributed by atoms with Crippen LogP contribution in [0, 0.1) is 0 Å². The molecule has 1 N–H and O–H groups in total. The molecule has 118 valence electrons. The Kier molecular flexibility index (Phi) is 6.27. The molecule has 5 heteroatoms. The minimum Gasteiger partial charge on any atom is -0.353 e. The molecule has 1 aliphatic heterocycles. The van der Waals surface area contributed by atoms with E-state index in [2.05, 4.69) is 47.1 Å². The van der Waals surface area contributed by atoms with E-state index in [1.165, 1.54) is 6.42 Å². The molecule has 1 fully saturated rings. The predicted molar refractivity (Wildman–Crippen MR) is 90.2 cm³/mol. The highest BCUT2D eigenvalue weighted by molar-refractivity contribution is 6.31. The number of rotatable bonds is 5. The maximum absolute atomic E-state index is 6.28. The molecule has 0 spiro atoms. The van der Waals surface area contributed by atoms with Gasteiger partial charge in [0.1, 0.15) is 5.82 Å². The summed E-state index contributed by atoms with van der Waals surface area (Å²) in [5.74, 6) is 1.05. The number of hydrogen-bond acceptors (Lipinski definition) is 4. The minimum atomic E-state index is 0.475. The van der Waals surface area contributed by atoms with Gasteiger partial charge in [-0.25, -0.2) is 4.98 Å². The van der Waals surface area contributed by atoms with Gasteiger partial charge in [-0.2, -0.15) is 0 Å². The van der Waals surface area contributed by atoms with Crippen LogP contribution in [0.25, 0.3) is 0 Å². The fourth-order valence-corrected chi connectivity index (χ4v) is 3.04. The van der Waals surface area contributed by atoms with Crippen LogP contribution in [0.2, 0.25) is 5.02 Å². The van der Waals surface area contributed by atoms with E-state index >= 15 is 0 Å². The van der Waals surface area contributed by atoms with E-state index in [-0.39, 0.29) is 0 Å². The van der Waals surface area contributed by atoms with E-state index in [0.29, 0.717) is 6.04 Å². The number of halogens is 1. The fourth-order valence-electron chi connectivity index (χ4n) is 2.87. The largest absolute Gasteiger partial charge is 0.353 e. The number of nitrogens with zero attached hydrogens (tertiary/aromatic N) is 3. The van der Waals surface area contributed by atoms with Crippen molar-refractivity contribution in [2.75, 3.05) is 38.1 Å². The summed E-state index contributed by atoms with van der Waals surface area (Å²) in [5.41, 5.74) is 1.14. The van der Waals surface area contributed by atoms with Crippen LogP contribution in [-0.2, 0) is 6.54 Å². The Morgan fingerprint density at radius 3 is 3.00 bits per heavy atom. The standard InChI is InChI=1S/C16H27ClN4/c1-4-6-18-10-14-9-16(19-11-15(14)17)21-8-5-7-20(3)12-13(21)2/h9,11,13,18H,4-8,10,12H2,1-3H3. The first-order valence-electron chi connectivity index (χ1n) is 7.92. The third kappa shape index (κ3) is 4.56. The summed E-state index contributed by atoms with van der Waals surface area (Å²) < 4.78 is 0. The highest BCUT2D eigenvalue weighted by atomic mass is 35.5. The van der Waals surface area contributed by atoms with E-state index in [9.17, 15) is 0 Å². The van der Waals surface area contributed by atoms with Crippen molar-refractivity contribution in [2.24, 2.45) is 0 Å². The van der Waals surface area contributed by atoms with Crippen LogP contribution < -0.4 is 10.2 Å². The van der Waals surface area contributed by atoms with Crippen molar-refractivity contribution in [3.63, 3.8) is 0 Å². The van der Waals surface area contributed by atoms with E-state index < -0.39 is 0 Å². The second kappa shape index (κ2) is 7.97. The van der Waals surface area contributed by atoms with Crippen LogP contribution in [0.5, 0.6) is 0 Å². The van der Waals surface area contributed by atoms with Crippen LogP contribution in [0.4, 0.5) is 5.82 Å². The first kappa shape index (κ1) is 16.5. The molecule has 0 aromatic carbocycles. The first-order chi connectivity index (χ1) is 10.1. The summed E-state index contributed by atoms with van der Waals surface area (Å²) in [6.07, 6.45) is 4.10. The average Bonchev–Trinajstić information content (AvgIpc) is 2.62. The zero-order valence-corrected chi connectivity index (χ0v) is 14.2. The molecule has 2 rings (SSSR count). The fraction of sp³-hybridized carbons (Fsp3) is 0.688. The van der Waals surface area contributed by atoms with Gasteiger partial charge in [0.25, 0.3) is 0 Å². The summed E-state index contributed by atoms with van der Waals surface area (Å²) in [5, 5.41) is 4.17. The molecule has 1 unspecified atom stereocenters. The smallest absolute Gasteiger partial charge is 0.129 e. The Labute approximate surface area is 133 Å². The number of aromatic nitrogens is 1. The molecule has 0 amide bonds. The van der Waals surface area contributed by atoms with Crippen LogP contribution in [0.1, 0.15) is 32.3 Å². The lowest BCUT2D eigenvalue weighted by Gasteiger charge is -2.29. The number of likely N-dealkylation sites (N-methyl/N-ethyl adjacent to an activating group) is 1. The molecule has 0 radical (unpaired) electrons. The predicted octanol–water partition coefficient (Wildman–Crippen LogP) is 2.77. The molecule has 1 saturated heterocycles. The van der Waals surface area contributed by atoms with Gasteiger partial charge >= 0.3 is 0 Å². The van der Waals surface area contributed by atoms with Crippen molar-refractivity contribution in [3.05, 3.63) is 22.8 Å². The van der Waals surface area contributed by atoms with Crippen molar-refractivity contribution in [2.45, 2.75) is 39.3 Å². The topological polar surface area (TPSA) is 31.4 Å². The molecule has 4 nitrogen and oxygen atoms in total. The molecule has 1 atom stereocenters. The van der Waals surface area contributed by atoms with Crippen molar-refractivity contribution in [1.29, 1.82) is 0 Å². The van der Waals surface area contributed by atoms with Gasteiger partial charge in [0.2, 0.25) is 0 Å². The minimum absolute atomic E-state index is 0.475. The van der Waals surface area contributed by atoms with E-state index in [1.54, 1.807) is 6.20 Å². The van der Waals surface area contributed by atoms with Gasteiger partial charge in [-0.1, -0.05) is 18.5 Å². The lowest BCUT2D eigenvalue weighted by molar-refractivity contribution is 0.337. The number of pyridine rings is 1. The Bertz CT molecular complexity index is 452. The second-order valence-electron chi connectivity index (χ2n) is 5.97. The Morgan fingerprint density at radius 1 is 1.43 bits per heavy atom. The zero-order valence-electron chi connectivity index (χ0n) is 13.4. The molecule has 1 aromatic rings. The second-order valence-corrected chi connectivity index (χ2v) is 6.38. The summed E-state index contributed by atoms with van der Waals surface area (Å²) in [7, 11) is 2.19. The molecule has 21 heavy (non-hydrogen) atoms. The molecule has 0 aliphatic carbocycles. The number of hydrogen-bond donors (Lipinski definition) is 1. The van der Waals surface area contributed by atoms with Crippen LogP contribution in [-0.4, -0.2) is 49.2 Å². The molecular formula is C16H27ClN4. The Balaban J connectivity index is 2.13. The van der Waals surface area contributed by atoms with Crippen molar-refractivity contribution >= 4 is 17.4 Å². The molecule has 2 heterocycles. The van der Waals surface area contributed by atoms with E-state index in [1.807, 2.05) is 0 Å². The van der Waals surface area contributed by atoms with Gasteiger partial charge in [0.15, 0.2) is 0 Å². The third-order valence-electron chi connectivity index (χ3n) is 4.00. The van der Waals surface area contributed by atoms with Crippen molar-refractivity contribution < 1.29 is 0 Å². The SMILES string of the molecule is CCCNCc1cc(N2CCCN(C)CC2C)ncc1Cl. The van der Waals surface area contributed by atoms with E-state index in [4.69, 9.17) is 11.6 Å². The van der Waals surface area contributed by atoms with E-state index in [0.717, 1.165) is 55.5 Å². The van der Waals surface area contributed by atoms with Gasteiger partial charge in [-0.3, -0.25) is 0 Å². The zero-order chi connectivity index (χ0) is 15.2. The Hall–Kier alpha value is -0.840. The molecule has 1 aromatic heterocycles. The first-order valence-corrected chi connectivity index (χ1v) is 8.30. The monoisotopic (exact) mass is 310 g/mol. The van der Waals surface area contributed by atoms with Gasteiger partial charge in [0.05, 0.1) is 5.02 Å². The van der Waals surface area contributed by atoms with Crippen molar-refractivity contribution in [3.8, 4) is 0 Å². The molecule has 0 bridgehead atoms. The molecule has 0 saturated carbocycles. The maximum atomic E-state index is 6.28. The lowest BCUT2D eigenvalue weighted by Crippen LogP contribution is -2.38. The van der Waals surface area contributed by atoms with Crippen LogP contribution >= 0.6 is 11.6 Å². The number of nitrogens with one attached hydrogen (secondary N) is 1. The third-order valence-corrected chi connectivity index (χ3v) is 4.34. The van der Waals surface area contributed by atoms with Crippen molar-refractivity contribution in [1.82, 2.24) is 15.2 Å². The Morgan fingerprint density at radius 2 is 2.24 bits per heavy atom. The summed E-state index contributed by atoms with van der Waals surface area (Å²) in [6, 6.07) is 2.62. The highest BCUT2D eigenvalue weighted by Crippen LogP contribution is 2.23. The highest BCUT2D eigenvalue weighted by Gasteiger charge is 2.21. The van der Waals surface area contributed by atoms with Gasteiger partial charge in [-0.15, -0.1) is 0 Å². The summed E-state index contributed by atoms with van der Waals surface area (Å²) in [4.78, 5) is 9.35. The van der Waals surface area contributed by atoms with Gasteiger partial charge in [-0.05, 0) is 51.5 Å². The summed E-state index contributed by atoms with van der Waals surface area (Å²) >= 11 is 6.28. The summed E-state index contributed by atoms with van der Waals surface area (Å²) in [6.45, 7) is 9.55. The quantitative estimate of drug-likeness (QED) is 0.847. The van der Waals surface area contributed by atoms with Gasteiger partial charge in [0, 0.05) is 31.9 Å².